The number of nitrogens with zero attached hydrogens (tertiary/aromatic N) is 1. The topological polar surface area (TPSA) is 64.4 Å². The monoisotopic (exact) mass is 270 g/mol. The van der Waals surface area contributed by atoms with E-state index < -0.39 is 4.92 Å². The van der Waals surface area contributed by atoms with Crippen molar-refractivity contribution in [2.75, 3.05) is 18.5 Å². The van der Waals surface area contributed by atoms with Crippen molar-refractivity contribution in [2.45, 2.75) is 25.4 Å². The minimum atomic E-state index is -0.430. The predicted octanol–water partition coefficient (Wildman–Crippen LogP) is 3.23. The summed E-state index contributed by atoms with van der Waals surface area (Å²) < 4.78 is 5.49. The Hall–Kier alpha value is -1.33. The Morgan fingerprint density at radius 3 is 3.06 bits per heavy atom. The quantitative estimate of drug-likeness (QED) is 0.659. The van der Waals surface area contributed by atoms with Crippen LogP contribution in [0.15, 0.2) is 18.2 Å². The zero-order chi connectivity index (χ0) is 13.0. The summed E-state index contributed by atoms with van der Waals surface area (Å²) in [4.78, 5) is 10.4. The highest BCUT2D eigenvalue weighted by Crippen LogP contribution is 2.27. The van der Waals surface area contributed by atoms with Crippen LogP contribution in [0.5, 0.6) is 0 Å². The zero-order valence-corrected chi connectivity index (χ0v) is 10.7. The summed E-state index contributed by atoms with van der Waals surface area (Å²) in [6.45, 7) is 1.49. The normalized spacial score (nSPS) is 18.8. The van der Waals surface area contributed by atoms with Crippen molar-refractivity contribution in [3.8, 4) is 0 Å². The lowest BCUT2D eigenvalue weighted by Crippen LogP contribution is -2.13. The van der Waals surface area contributed by atoms with E-state index in [9.17, 15) is 10.1 Å². The van der Waals surface area contributed by atoms with E-state index in [-0.39, 0.29) is 11.8 Å². The standard InChI is InChI=1S/C12H15ClN2O3/c13-9-3-4-11(12(8-9)15(16)17)14-6-5-10-2-1-7-18-10/h3-4,8,10,14H,1-2,5-7H2. The molecule has 0 bridgehead atoms. The summed E-state index contributed by atoms with van der Waals surface area (Å²) in [6, 6.07) is 4.63. The van der Waals surface area contributed by atoms with E-state index in [4.69, 9.17) is 16.3 Å². The molecule has 1 aromatic rings. The summed E-state index contributed by atoms with van der Waals surface area (Å²) in [5, 5.41) is 14.3. The number of benzene rings is 1. The van der Waals surface area contributed by atoms with Crippen LogP contribution < -0.4 is 5.32 Å². The van der Waals surface area contributed by atoms with Crippen LogP contribution in [0.1, 0.15) is 19.3 Å². The fourth-order valence-electron chi connectivity index (χ4n) is 2.05. The van der Waals surface area contributed by atoms with Crippen LogP contribution >= 0.6 is 11.6 Å². The average molecular weight is 271 g/mol. The predicted molar refractivity (Wildman–Crippen MR) is 70.2 cm³/mol. The van der Waals surface area contributed by atoms with E-state index >= 15 is 0 Å². The molecule has 1 heterocycles. The molecule has 1 N–H and O–H groups in total. The number of hydrogen-bond donors (Lipinski definition) is 1. The largest absolute Gasteiger partial charge is 0.379 e. The first-order chi connectivity index (χ1) is 8.66. The molecule has 18 heavy (non-hydrogen) atoms. The molecule has 0 aliphatic carbocycles. The highest BCUT2D eigenvalue weighted by molar-refractivity contribution is 6.30. The van der Waals surface area contributed by atoms with Gasteiger partial charge in [-0.3, -0.25) is 10.1 Å². The van der Waals surface area contributed by atoms with Gasteiger partial charge in [0.2, 0.25) is 0 Å². The van der Waals surface area contributed by atoms with Gasteiger partial charge >= 0.3 is 0 Å². The molecule has 1 saturated heterocycles. The molecular formula is C12H15ClN2O3. The van der Waals surface area contributed by atoms with Crippen LogP contribution in [0.4, 0.5) is 11.4 Å². The molecule has 2 rings (SSSR count). The van der Waals surface area contributed by atoms with Crippen LogP contribution in [-0.4, -0.2) is 24.2 Å². The molecule has 1 atom stereocenters. The van der Waals surface area contributed by atoms with E-state index in [1.54, 1.807) is 12.1 Å². The van der Waals surface area contributed by atoms with Crippen molar-refractivity contribution in [1.29, 1.82) is 0 Å². The van der Waals surface area contributed by atoms with Crippen molar-refractivity contribution in [3.05, 3.63) is 33.3 Å². The SMILES string of the molecule is O=[N+]([O-])c1cc(Cl)ccc1NCCC1CCCO1. The van der Waals surface area contributed by atoms with Gasteiger partial charge in [0.05, 0.1) is 11.0 Å². The Bertz CT molecular complexity index is 433. The van der Waals surface area contributed by atoms with Gasteiger partial charge in [0.25, 0.3) is 5.69 Å². The average Bonchev–Trinajstić information content (AvgIpc) is 2.84. The fraction of sp³-hybridized carbons (Fsp3) is 0.500. The van der Waals surface area contributed by atoms with E-state index in [0.29, 0.717) is 17.3 Å². The molecule has 1 aliphatic rings. The van der Waals surface area contributed by atoms with Gasteiger partial charge in [-0.25, -0.2) is 0 Å². The Labute approximate surface area is 110 Å². The van der Waals surface area contributed by atoms with Crippen molar-refractivity contribution in [3.63, 3.8) is 0 Å². The Balaban J connectivity index is 1.93. The molecular weight excluding hydrogens is 256 g/mol. The van der Waals surface area contributed by atoms with E-state index in [1.165, 1.54) is 6.07 Å². The minimum Gasteiger partial charge on any atom is -0.379 e. The number of ether oxygens (including phenoxy) is 1. The Morgan fingerprint density at radius 1 is 1.56 bits per heavy atom. The highest BCUT2D eigenvalue weighted by Gasteiger charge is 2.17. The van der Waals surface area contributed by atoms with Crippen LogP contribution in [0.25, 0.3) is 0 Å². The number of nitrogens with one attached hydrogen (secondary N) is 1. The van der Waals surface area contributed by atoms with Crippen LogP contribution in [-0.2, 0) is 4.74 Å². The smallest absolute Gasteiger partial charge is 0.293 e. The number of anilines is 1. The third kappa shape index (κ3) is 3.34. The maximum atomic E-state index is 10.9. The molecule has 98 valence electrons. The third-order valence-electron chi connectivity index (χ3n) is 2.96. The molecule has 5 nitrogen and oxygen atoms in total. The molecule has 1 aliphatic heterocycles. The van der Waals surface area contributed by atoms with Crippen molar-refractivity contribution in [2.24, 2.45) is 0 Å². The molecule has 1 aromatic carbocycles. The maximum Gasteiger partial charge on any atom is 0.293 e. The summed E-state index contributed by atoms with van der Waals surface area (Å²) in [5.41, 5.74) is 0.511. The molecule has 0 saturated carbocycles. The second kappa shape index (κ2) is 6.02. The van der Waals surface area contributed by atoms with Crippen LogP contribution in [0.2, 0.25) is 5.02 Å². The van der Waals surface area contributed by atoms with Crippen LogP contribution in [0.3, 0.4) is 0 Å². The first-order valence-electron chi connectivity index (χ1n) is 5.96. The fourth-order valence-corrected chi connectivity index (χ4v) is 2.21. The lowest BCUT2D eigenvalue weighted by atomic mass is 10.2. The number of nitro groups is 1. The van der Waals surface area contributed by atoms with Crippen LogP contribution in [0, 0.1) is 10.1 Å². The van der Waals surface area contributed by atoms with Gasteiger partial charge in [0.1, 0.15) is 5.69 Å². The van der Waals surface area contributed by atoms with Gasteiger partial charge in [-0.05, 0) is 31.4 Å². The molecule has 6 heteroatoms. The minimum absolute atomic E-state index is 0.00911. The Morgan fingerprint density at radius 2 is 2.39 bits per heavy atom. The lowest BCUT2D eigenvalue weighted by Gasteiger charge is -2.11. The summed E-state index contributed by atoms with van der Waals surface area (Å²) in [6.07, 6.45) is 3.32. The maximum absolute atomic E-state index is 10.9. The number of halogens is 1. The van der Waals surface area contributed by atoms with Gasteiger partial charge in [0, 0.05) is 24.2 Å². The first-order valence-corrected chi connectivity index (χ1v) is 6.34. The van der Waals surface area contributed by atoms with Gasteiger partial charge in [-0.2, -0.15) is 0 Å². The molecule has 0 amide bonds. The second-order valence-corrected chi connectivity index (χ2v) is 4.71. The highest BCUT2D eigenvalue weighted by atomic mass is 35.5. The van der Waals surface area contributed by atoms with Crippen molar-refractivity contribution >= 4 is 23.0 Å². The second-order valence-electron chi connectivity index (χ2n) is 4.27. The van der Waals surface area contributed by atoms with E-state index in [0.717, 1.165) is 25.9 Å². The molecule has 1 unspecified atom stereocenters. The molecule has 0 spiro atoms. The van der Waals surface area contributed by atoms with Gasteiger partial charge in [-0.15, -0.1) is 0 Å². The zero-order valence-electron chi connectivity index (χ0n) is 9.89. The third-order valence-corrected chi connectivity index (χ3v) is 3.20. The van der Waals surface area contributed by atoms with E-state index in [1.807, 2.05) is 0 Å². The van der Waals surface area contributed by atoms with E-state index in [2.05, 4.69) is 5.32 Å². The van der Waals surface area contributed by atoms with Gasteiger partial charge in [0.15, 0.2) is 0 Å². The number of nitro benzene ring substituents is 1. The van der Waals surface area contributed by atoms with Crippen molar-refractivity contribution < 1.29 is 9.66 Å². The summed E-state index contributed by atoms with van der Waals surface area (Å²) in [7, 11) is 0. The molecule has 0 radical (unpaired) electrons. The molecule has 0 aromatic heterocycles. The first kappa shape index (κ1) is 13.1. The summed E-state index contributed by atoms with van der Waals surface area (Å²) in [5.74, 6) is 0. The number of rotatable bonds is 5. The van der Waals surface area contributed by atoms with Gasteiger partial charge in [-0.1, -0.05) is 11.6 Å². The Kier molecular flexibility index (Phi) is 4.38. The molecule has 1 fully saturated rings. The number of hydrogen-bond acceptors (Lipinski definition) is 4. The van der Waals surface area contributed by atoms with Crippen molar-refractivity contribution in [1.82, 2.24) is 0 Å². The lowest BCUT2D eigenvalue weighted by molar-refractivity contribution is -0.383. The van der Waals surface area contributed by atoms with Gasteiger partial charge < -0.3 is 10.1 Å². The summed E-state index contributed by atoms with van der Waals surface area (Å²) >= 11 is 5.75.